The van der Waals surface area contributed by atoms with Gasteiger partial charge in [0.15, 0.2) is 0 Å². The van der Waals surface area contributed by atoms with E-state index in [9.17, 15) is 9.59 Å². The second-order valence-electron chi connectivity index (χ2n) is 3.99. The van der Waals surface area contributed by atoms with E-state index in [4.69, 9.17) is 4.74 Å². The van der Waals surface area contributed by atoms with E-state index in [2.05, 4.69) is 10.2 Å². The van der Waals surface area contributed by atoms with Crippen molar-refractivity contribution in [1.29, 1.82) is 0 Å². The lowest BCUT2D eigenvalue weighted by Crippen LogP contribution is -2.08. The summed E-state index contributed by atoms with van der Waals surface area (Å²) in [4.78, 5) is 22.7. The van der Waals surface area contributed by atoms with Gasteiger partial charge >= 0.3 is 5.97 Å². The fourth-order valence-electron chi connectivity index (χ4n) is 1.72. The fraction of sp³-hybridized carbons (Fsp3) is 0.133. The zero-order valence-electron chi connectivity index (χ0n) is 11.0. The molecule has 1 aromatic heterocycles. The maximum absolute atomic E-state index is 11.4. The molecule has 0 atom stereocenters. The van der Waals surface area contributed by atoms with Gasteiger partial charge in [0, 0.05) is 23.3 Å². The van der Waals surface area contributed by atoms with E-state index in [1.807, 2.05) is 30.3 Å². The summed E-state index contributed by atoms with van der Waals surface area (Å²) in [6.45, 7) is 2.04. The summed E-state index contributed by atoms with van der Waals surface area (Å²) in [5.74, 6) is -0.452. The van der Waals surface area contributed by atoms with Gasteiger partial charge in [-0.2, -0.15) is 5.10 Å². The lowest BCUT2D eigenvalue weighted by atomic mass is 10.1. The van der Waals surface area contributed by atoms with Gasteiger partial charge < -0.3 is 4.74 Å². The molecule has 1 N–H and O–H groups in total. The lowest BCUT2D eigenvalue weighted by molar-refractivity contribution is -0.137. The predicted molar refractivity (Wildman–Crippen MR) is 76.0 cm³/mol. The minimum Gasteiger partial charge on any atom is -0.463 e. The van der Waals surface area contributed by atoms with E-state index in [1.54, 1.807) is 6.92 Å². The van der Waals surface area contributed by atoms with Crippen LogP contribution in [0, 0.1) is 0 Å². The molecule has 0 aliphatic rings. The normalized spacial score (nSPS) is 10.7. The van der Waals surface area contributed by atoms with Crippen LogP contribution in [0.2, 0.25) is 0 Å². The molecule has 0 aliphatic heterocycles. The molecule has 5 heteroatoms. The molecule has 0 fully saturated rings. The number of aromatic nitrogens is 2. The molecule has 0 spiro atoms. The van der Waals surface area contributed by atoms with E-state index in [-0.39, 0.29) is 5.56 Å². The summed E-state index contributed by atoms with van der Waals surface area (Å²) in [6, 6.07) is 10.8. The van der Waals surface area contributed by atoms with Gasteiger partial charge in [-0.1, -0.05) is 30.3 Å². The van der Waals surface area contributed by atoms with E-state index < -0.39 is 5.97 Å². The maximum atomic E-state index is 11.4. The van der Waals surface area contributed by atoms with Crippen molar-refractivity contribution in [1.82, 2.24) is 10.2 Å². The Morgan fingerprint density at radius 1 is 1.35 bits per heavy atom. The monoisotopic (exact) mass is 270 g/mol. The Labute approximate surface area is 115 Å². The van der Waals surface area contributed by atoms with Crippen molar-refractivity contribution in [3.8, 4) is 11.3 Å². The first-order chi connectivity index (χ1) is 9.70. The predicted octanol–water partition coefficient (Wildman–Crippen LogP) is 2.01. The van der Waals surface area contributed by atoms with Gasteiger partial charge in [-0.15, -0.1) is 0 Å². The van der Waals surface area contributed by atoms with Crippen molar-refractivity contribution in [3.05, 3.63) is 58.4 Å². The molecule has 0 saturated heterocycles. The minimum absolute atomic E-state index is 0.308. The van der Waals surface area contributed by atoms with Crippen molar-refractivity contribution < 1.29 is 9.53 Å². The van der Waals surface area contributed by atoms with Crippen molar-refractivity contribution in [3.63, 3.8) is 0 Å². The molecule has 1 heterocycles. The third-order valence-corrected chi connectivity index (χ3v) is 2.57. The highest BCUT2D eigenvalue weighted by Crippen LogP contribution is 2.20. The molecule has 0 saturated carbocycles. The molecular weight excluding hydrogens is 256 g/mol. The molecule has 2 rings (SSSR count). The number of carbonyl (C=O) groups excluding carboxylic acids is 1. The van der Waals surface area contributed by atoms with Crippen LogP contribution in [0.1, 0.15) is 12.5 Å². The topological polar surface area (TPSA) is 72.1 Å². The van der Waals surface area contributed by atoms with Gasteiger partial charge in [0.2, 0.25) is 0 Å². The third-order valence-electron chi connectivity index (χ3n) is 2.57. The number of benzene rings is 1. The van der Waals surface area contributed by atoms with Gasteiger partial charge in [-0.25, -0.2) is 9.89 Å². The Morgan fingerprint density at radius 2 is 2.10 bits per heavy atom. The summed E-state index contributed by atoms with van der Waals surface area (Å²) >= 11 is 0. The number of ether oxygens (including phenoxy) is 1. The van der Waals surface area contributed by atoms with Crippen LogP contribution in [0.5, 0.6) is 0 Å². The Bertz CT molecular complexity index is 675. The number of hydrogen-bond acceptors (Lipinski definition) is 4. The van der Waals surface area contributed by atoms with Crippen LogP contribution in [0.15, 0.2) is 47.3 Å². The molecule has 0 bridgehead atoms. The SMILES string of the molecule is CCOC(=O)/C=C/c1cc(=O)[nH]nc1-c1ccccc1. The first kappa shape index (κ1) is 13.7. The van der Waals surface area contributed by atoms with E-state index in [0.29, 0.717) is 17.9 Å². The standard InChI is InChI=1S/C15H14N2O3/c1-2-20-14(19)9-8-12-10-13(18)16-17-15(12)11-6-4-3-5-7-11/h3-10H,2H2,1H3,(H,16,18)/b9-8+. The van der Waals surface area contributed by atoms with Crippen LogP contribution >= 0.6 is 0 Å². The maximum Gasteiger partial charge on any atom is 0.330 e. The highest BCUT2D eigenvalue weighted by Gasteiger charge is 2.06. The zero-order valence-corrected chi connectivity index (χ0v) is 11.0. The second-order valence-corrected chi connectivity index (χ2v) is 3.99. The number of esters is 1. The van der Waals surface area contributed by atoms with Crippen LogP contribution in [0.3, 0.4) is 0 Å². The number of aromatic amines is 1. The number of H-pyrrole nitrogens is 1. The Kier molecular flexibility index (Phi) is 4.44. The highest BCUT2D eigenvalue weighted by molar-refractivity contribution is 5.88. The van der Waals surface area contributed by atoms with E-state index in [0.717, 1.165) is 5.56 Å². The molecule has 0 amide bonds. The number of hydrogen-bond donors (Lipinski definition) is 1. The van der Waals surface area contributed by atoms with Crippen molar-refractivity contribution in [2.45, 2.75) is 6.92 Å². The Balaban J connectivity index is 2.39. The molecule has 0 aliphatic carbocycles. The van der Waals surface area contributed by atoms with Gasteiger partial charge in [0.25, 0.3) is 5.56 Å². The summed E-state index contributed by atoms with van der Waals surface area (Å²) in [5.41, 5.74) is 1.69. The summed E-state index contributed by atoms with van der Waals surface area (Å²) < 4.78 is 4.81. The minimum atomic E-state index is -0.452. The molecular formula is C15H14N2O3. The van der Waals surface area contributed by atoms with Crippen LogP contribution in [0.25, 0.3) is 17.3 Å². The molecule has 0 unspecified atom stereocenters. The first-order valence-corrected chi connectivity index (χ1v) is 6.20. The van der Waals surface area contributed by atoms with Crippen LogP contribution in [-0.2, 0) is 9.53 Å². The zero-order chi connectivity index (χ0) is 14.4. The number of carbonyl (C=O) groups is 1. The van der Waals surface area contributed by atoms with Gasteiger partial charge in [0.05, 0.1) is 12.3 Å². The summed E-state index contributed by atoms with van der Waals surface area (Å²) in [7, 11) is 0. The van der Waals surface area contributed by atoms with Crippen molar-refractivity contribution in [2.24, 2.45) is 0 Å². The van der Waals surface area contributed by atoms with Gasteiger partial charge in [-0.05, 0) is 13.0 Å². The first-order valence-electron chi connectivity index (χ1n) is 6.20. The Hall–Kier alpha value is -2.69. The fourth-order valence-corrected chi connectivity index (χ4v) is 1.72. The molecule has 1 aromatic carbocycles. The number of nitrogens with zero attached hydrogens (tertiary/aromatic N) is 1. The Morgan fingerprint density at radius 3 is 2.80 bits per heavy atom. The molecule has 0 radical (unpaired) electrons. The molecule has 20 heavy (non-hydrogen) atoms. The van der Waals surface area contributed by atoms with Gasteiger partial charge in [0.1, 0.15) is 0 Å². The number of nitrogens with one attached hydrogen (secondary N) is 1. The smallest absolute Gasteiger partial charge is 0.330 e. The van der Waals surface area contributed by atoms with E-state index in [1.165, 1.54) is 18.2 Å². The number of rotatable bonds is 4. The van der Waals surface area contributed by atoms with Crippen molar-refractivity contribution >= 4 is 12.0 Å². The average molecular weight is 270 g/mol. The van der Waals surface area contributed by atoms with E-state index >= 15 is 0 Å². The van der Waals surface area contributed by atoms with Gasteiger partial charge in [-0.3, -0.25) is 4.79 Å². The molecule has 102 valence electrons. The lowest BCUT2D eigenvalue weighted by Gasteiger charge is -2.03. The third kappa shape index (κ3) is 3.41. The van der Waals surface area contributed by atoms with Crippen LogP contribution in [-0.4, -0.2) is 22.8 Å². The quantitative estimate of drug-likeness (QED) is 0.681. The summed E-state index contributed by atoms with van der Waals surface area (Å²) in [6.07, 6.45) is 2.81. The molecule has 2 aromatic rings. The van der Waals surface area contributed by atoms with Crippen LogP contribution < -0.4 is 5.56 Å². The van der Waals surface area contributed by atoms with Crippen LogP contribution in [0.4, 0.5) is 0 Å². The van der Waals surface area contributed by atoms with Crippen molar-refractivity contribution in [2.75, 3.05) is 6.61 Å². The average Bonchev–Trinajstić information content (AvgIpc) is 2.46. The highest BCUT2D eigenvalue weighted by atomic mass is 16.5. The summed E-state index contributed by atoms with van der Waals surface area (Å²) in [5, 5.41) is 6.43. The second kappa shape index (κ2) is 6.47. The molecule has 5 nitrogen and oxygen atoms in total. The largest absolute Gasteiger partial charge is 0.463 e.